The van der Waals surface area contributed by atoms with E-state index in [9.17, 15) is 0 Å². The van der Waals surface area contributed by atoms with Crippen molar-refractivity contribution < 1.29 is 0 Å². The molecule has 1 aliphatic rings. The highest BCUT2D eigenvalue weighted by atomic mass is 79.9. The van der Waals surface area contributed by atoms with Crippen LogP contribution in [0.5, 0.6) is 0 Å². The third kappa shape index (κ3) is 3.18. The number of hydrogen-bond acceptors (Lipinski definition) is 2. The van der Waals surface area contributed by atoms with Gasteiger partial charge < -0.3 is 5.32 Å². The van der Waals surface area contributed by atoms with E-state index in [1.54, 1.807) is 0 Å². The fourth-order valence-electron chi connectivity index (χ4n) is 2.60. The summed E-state index contributed by atoms with van der Waals surface area (Å²) in [4.78, 5) is 0. The van der Waals surface area contributed by atoms with E-state index in [1.807, 2.05) is 12.1 Å². The van der Waals surface area contributed by atoms with Crippen LogP contribution in [0, 0.1) is 0 Å². The minimum atomic E-state index is 0.626. The summed E-state index contributed by atoms with van der Waals surface area (Å²) in [6.45, 7) is 0.779. The molecule has 0 bridgehead atoms. The molecule has 4 heteroatoms. The van der Waals surface area contributed by atoms with Crippen LogP contribution < -0.4 is 5.32 Å². The summed E-state index contributed by atoms with van der Waals surface area (Å²) < 4.78 is 3.24. The Morgan fingerprint density at radius 1 is 1.16 bits per heavy atom. The number of hydrogen-bond donors (Lipinski definition) is 1. The topological polar surface area (TPSA) is 29.9 Å². The smallest absolute Gasteiger partial charge is 0.0815 e. The maximum absolute atomic E-state index is 4.67. The van der Waals surface area contributed by atoms with Crippen LogP contribution in [0.1, 0.15) is 37.4 Å². The lowest BCUT2D eigenvalue weighted by atomic mass is 10.3. The van der Waals surface area contributed by atoms with Gasteiger partial charge in [0.15, 0.2) is 0 Å². The first-order chi connectivity index (χ1) is 9.31. The van der Waals surface area contributed by atoms with Crippen molar-refractivity contribution in [2.24, 2.45) is 0 Å². The Morgan fingerprint density at radius 3 is 2.63 bits per heavy atom. The largest absolute Gasteiger partial charge is 0.379 e. The number of nitrogens with one attached hydrogen (secondary N) is 1. The zero-order valence-corrected chi connectivity index (χ0v) is 12.4. The van der Waals surface area contributed by atoms with Crippen LogP contribution in [0.3, 0.4) is 0 Å². The molecule has 0 unspecified atom stereocenters. The Hall–Kier alpha value is -1.29. The summed E-state index contributed by atoms with van der Waals surface area (Å²) in [7, 11) is 0. The first kappa shape index (κ1) is 12.7. The average Bonchev–Trinajstić information content (AvgIpc) is 3.09. The van der Waals surface area contributed by atoms with Gasteiger partial charge in [0.1, 0.15) is 0 Å². The number of aromatic nitrogens is 2. The normalized spacial score (nSPS) is 15.8. The third-order valence-electron chi connectivity index (χ3n) is 3.68. The van der Waals surface area contributed by atoms with Crippen molar-refractivity contribution in [2.45, 2.75) is 38.3 Å². The van der Waals surface area contributed by atoms with Crippen LogP contribution in [-0.2, 0) is 6.54 Å². The molecule has 100 valence electrons. The molecule has 0 amide bonds. The minimum Gasteiger partial charge on any atom is -0.379 e. The summed E-state index contributed by atoms with van der Waals surface area (Å²) >= 11 is 3.44. The standard InChI is InChI=1S/C15H18BrN3/c16-12-5-7-13(8-6-12)17-11-14-9-10-19(18-14)15-3-1-2-4-15/h5-10,15,17H,1-4,11H2. The average molecular weight is 320 g/mol. The van der Waals surface area contributed by atoms with Gasteiger partial charge in [0, 0.05) is 16.4 Å². The Labute approximate surface area is 122 Å². The van der Waals surface area contributed by atoms with Gasteiger partial charge >= 0.3 is 0 Å². The maximum Gasteiger partial charge on any atom is 0.0815 e. The van der Waals surface area contributed by atoms with Crippen molar-refractivity contribution in [1.82, 2.24) is 9.78 Å². The summed E-state index contributed by atoms with van der Waals surface area (Å²) in [6.07, 6.45) is 7.37. The number of anilines is 1. The van der Waals surface area contributed by atoms with Gasteiger partial charge in [-0.05, 0) is 43.2 Å². The maximum atomic E-state index is 4.67. The molecular weight excluding hydrogens is 302 g/mol. The van der Waals surface area contributed by atoms with Crippen LogP contribution >= 0.6 is 15.9 Å². The molecule has 1 N–H and O–H groups in total. The molecule has 1 aromatic heterocycles. The van der Waals surface area contributed by atoms with Crippen molar-refractivity contribution >= 4 is 21.6 Å². The molecule has 0 spiro atoms. The fourth-order valence-corrected chi connectivity index (χ4v) is 2.87. The lowest BCUT2D eigenvalue weighted by molar-refractivity contribution is 0.463. The van der Waals surface area contributed by atoms with Crippen LogP contribution in [0.15, 0.2) is 41.0 Å². The molecule has 0 atom stereocenters. The second-order valence-corrected chi connectivity index (χ2v) is 6.00. The van der Waals surface area contributed by atoms with Crippen molar-refractivity contribution in [3.63, 3.8) is 0 Å². The van der Waals surface area contributed by atoms with Crippen molar-refractivity contribution in [3.05, 3.63) is 46.7 Å². The minimum absolute atomic E-state index is 0.626. The molecule has 1 saturated carbocycles. The second-order valence-electron chi connectivity index (χ2n) is 5.09. The quantitative estimate of drug-likeness (QED) is 0.906. The Morgan fingerprint density at radius 2 is 1.89 bits per heavy atom. The van der Waals surface area contributed by atoms with Gasteiger partial charge in [-0.3, -0.25) is 4.68 Å². The van der Waals surface area contributed by atoms with Crippen LogP contribution in [0.4, 0.5) is 5.69 Å². The van der Waals surface area contributed by atoms with E-state index >= 15 is 0 Å². The fraction of sp³-hybridized carbons (Fsp3) is 0.400. The molecule has 1 aromatic carbocycles. The molecule has 3 rings (SSSR count). The van der Waals surface area contributed by atoms with Gasteiger partial charge in [0.25, 0.3) is 0 Å². The molecule has 0 saturated heterocycles. The van der Waals surface area contributed by atoms with Crippen molar-refractivity contribution in [2.75, 3.05) is 5.32 Å². The van der Waals surface area contributed by atoms with E-state index in [0.717, 1.165) is 22.4 Å². The number of rotatable bonds is 4. The van der Waals surface area contributed by atoms with E-state index in [0.29, 0.717) is 6.04 Å². The zero-order valence-electron chi connectivity index (χ0n) is 10.8. The molecular formula is C15H18BrN3. The molecule has 3 nitrogen and oxygen atoms in total. The van der Waals surface area contributed by atoms with Crippen molar-refractivity contribution in [3.8, 4) is 0 Å². The van der Waals surface area contributed by atoms with Gasteiger partial charge in [-0.25, -0.2) is 0 Å². The highest BCUT2D eigenvalue weighted by Gasteiger charge is 2.17. The predicted molar refractivity (Wildman–Crippen MR) is 81.2 cm³/mol. The molecule has 1 heterocycles. The molecule has 1 fully saturated rings. The lowest BCUT2D eigenvalue weighted by Crippen LogP contribution is -2.07. The number of benzene rings is 1. The number of nitrogens with zero attached hydrogens (tertiary/aromatic N) is 2. The molecule has 1 aliphatic carbocycles. The van der Waals surface area contributed by atoms with Gasteiger partial charge in [-0.1, -0.05) is 28.8 Å². The molecule has 19 heavy (non-hydrogen) atoms. The van der Waals surface area contributed by atoms with E-state index in [1.165, 1.54) is 25.7 Å². The third-order valence-corrected chi connectivity index (χ3v) is 4.21. The Bertz CT molecular complexity index is 527. The second kappa shape index (κ2) is 5.78. The lowest BCUT2D eigenvalue weighted by Gasteiger charge is -2.09. The molecule has 2 aromatic rings. The van der Waals surface area contributed by atoms with Crippen LogP contribution in [-0.4, -0.2) is 9.78 Å². The highest BCUT2D eigenvalue weighted by molar-refractivity contribution is 9.10. The van der Waals surface area contributed by atoms with Crippen molar-refractivity contribution in [1.29, 1.82) is 0 Å². The van der Waals surface area contributed by atoms with Gasteiger partial charge in [-0.15, -0.1) is 0 Å². The highest BCUT2D eigenvalue weighted by Crippen LogP contribution is 2.28. The SMILES string of the molecule is Brc1ccc(NCc2ccn(C3CCCC3)n2)cc1. The van der Waals surface area contributed by atoms with Gasteiger partial charge in [0.05, 0.1) is 18.3 Å². The predicted octanol–water partition coefficient (Wildman–Crippen LogP) is 4.37. The first-order valence-corrected chi connectivity index (χ1v) is 7.64. The van der Waals surface area contributed by atoms with E-state index in [4.69, 9.17) is 0 Å². The van der Waals surface area contributed by atoms with Crippen LogP contribution in [0.2, 0.25) is 0 Å². The summed E-state index contributed by atoms with van der Waals surface area (Å²) in [6, 6.07) is 11.0. The van der Waals surface area contributed by atoms with E-state index in [2.05, 4.69) is 55.4 Å². The van der Waals surface area contributed by atoms with E-state index in [-0.39, 0.29) is 0 Å². The Balaban J connectivity index is 1.59. The van der Waals surface area contributed by atoms with Gasteiger partial charge in [-0.2, -0.15) is 5.10 Å². The monoisotopic (exact) mass is 319 g/mol. The summed E-state index contributed by atoms with van der Waals surface area (Å²) in [5.74, 6) is 0. The van der Waals surface area contributed by atoms with Crippen LogP contribution in [0.25, 0.3) is 0 Å². The summed E-state index contributed by atoms with van der Waals surface area (Å²) in [5.41, 5.74) is 2.23. The molecule has 0 radical (unpaired) electrons. The Kier molecular flexibility index (Phi) is 3.87. The first-order valence-electron chi connectivity index (χ1n) is 6.85. The van der Waals surface area contributed by atoms with E-state index < -0.39 is 0 Å². The van der Waals surface area contributed by atoms with Gasteiger partial charge in [0.2, 0.25) is 0 Å². The summed E-state index contributed by atoms with van der Waals surface area (Å²) in [5, 5.41) is 8.07. The zero-order chi connectivity index (χ0) is 13.1. The number of halogens is 1. The molecule has 0 aliphatic heterocycles.